The fraction of sp³-hybridized carbons (Fsp3) is 0.500. The number of hydrogen-bond donors (Lipinski definition) is 1. The number of aliphatic imine (C=N–C) groups is 1. The molecular weight excluding hydrogens is 332 g/mol. The van der Waals surface area contributed by atoms with Crippen molar-refractivity contribution in [2.24, 2.45) is 4.99 Å². The molecule has 7 heteroatoms. The highest BCUT2D eigenvalue weighted by molar-refractivity contribution is 8.13. The molecule has 0 aromatic heterocycles. The van der Waals surface area contributed by atoms with Crippen LogP contribution in [0.1, 0.15) is 19.3 Å². The minimum absolute atomic E-state index is 0.530. The monoisotopic (exact) mass is 352 g/mol. The summed E-state index contributed by atoms with van der Waals surface area (Å²) in [5.74, 6) is 0.668. The van der Waals surface area contributed by atoms with E-state index in [-0.39, 0.29) is 0 Å². The zero-order chi connectivity index (χ0) is 16.5. The number of rotatable bonds is 5. The van der Waals surface area contributed by atoms with E-state index in [2.05, 4.69) is 15.2 Å². The van der Waals surface area contributed by atoms with Crippen LogP contribution in [-0.4, -0.2) is 42.6 Å². The van der Waals surface area contributed by atoms with Gasteiger partial charge in [-0.05, 0) is 50.4 Å². The van der Waals surface area contributed by atoms with Crippen molar-refractivity contribution in [3.8, 4) is 11.9 Å². The molecule has 1 N–H and O–H groups in total. The summed E-state index contributed by atoms with van der Waals surface area (Å²) in [7, 11) is 0. The number of amidine groups is 1. The van der Waals surface area contributed by atoms with E-state index < -0.39 is 0 Å². The average Bonchev–Trinajstić information content (AvgIpc) is 2.57. The minimum atomic E-state index is 0.530. The van der Waals surface area contributed by atoms with Gasteiger partial charge >= 0.3 is 0 Å². The van der Waals surface area contributed by atoms with Gasteiger partial charge in [-0.25, -0.2) is 4.99 Å². The van der Waals surface area contributed by atoms with Crippen molar-refractivity contribution >= 4 is 34.2 Å². The number of thioether (sulfide) groups is 1. The first-order valence-electron chi connectivity index (χ1n) is 7.65. The fourth-order valence-corrected chi connectivity index (χ4v) is 3.01. The first kappa shape index (κ1) is 17.9. The molecule has 0 spiro atoms. The Balaban J connectivity index is 1.90. The van der Waals surface area contributed by atoms with E-state index in [4.69, 9.17) is 21.6 Å². The maximum absolute atomic E-state index is 8.64. The van der Waals surface area contributed by atoms with Gasteiger partial charge in [0, 0.05) is 6.54 Å². The van der Waals surface area contributed by atoms with Crippen molar-refractivity contribution in [3.05, 3.63) is 23.2 Å². The molecule has 1 aliphatic heterocycles. The topological polar surface area (TPSA) is 60.6 Å². The van der Waals surface area contributed by atoms with E-state index in [1.807, 2.05) is 24.6 Å². The zero-order valence-electron chi connectivity index (χ0n) is 13.2. The van der Waals surface area contributed by atoms with Crippen LogP contribution < -0.4 is 10.1 Å². The van der Waals surface area contributed by atoms with Crippen LogP contribution in [0.3, 0.4) is 0 Å². The van der Waals surface area contributed by atoms with Gasteiger partial charge in [-0.1, -0.05) is 29.8 Å². The summed E-state index contributed by atoms with van der Waals surface area (Å²) in [6.45, 7) is 3.88. The third-order valence-electron chi connectivity index (χ3n) is 3.62. The summed E-state index contributed by atoms with van der Waals surface area (Å²) in [5.41, 5.74) is 0.686. The third-order valence-corrected chi connectivity index (χ3v) is 4.49. The molecule has 124 valence electrons. The number of likely N-dealkylation sites (tertiary alicyclic amines) is 1. The molecule has 5 nitrogen and oxygen atoms in total. The number of nitrogens with zero attached hydrogens (tertiary/aromatic N) is 3. The Labute approximate surface area is 146 Å². The first-order valence-corrected chi connectivity index (χ1v) is 9.25. The van der Waals surface area contributed by atoms with Gasteiger partial charge in [0.15, 0.2) is 11.4 Å². The van der Waals surface area contributed by atoms with Crippen molar-refractivity contribution in [2.45, 2.75) is 19.3 Å². The van der Waals surface area contributed by atoms with Crippen molar-refractivity contribution < 1.29 is 4.74 Å². The summed E-state index contributed by atoms with van der Waals surface area (Å²) < 4.78 is 5.78. The predicted molar refractivity (Wildman–Crippen MR) is 96.6 cm³/mol. The van der Waals surface area contributed by atoms with E-state index in [0.717, 1.165) is 19.6 Å². The number of benzene rings is 1. The third kappa shape index (κ3) is 5.94. The Bertz CT molecular complexity index is 582. The largest absolute Gasteiger partial charge is 0.491 e. The van der Waals surface area contributed by atoms with Crippen LogP contribution in [0.2, 0.25) is 5.02 Å². The van der Waals surface area contributed by atoms with E-state index in [9.17, 15) is 0 Å². The SMILES string of the molecule is CSC(=Nc1ccc(OCCN2CCCCC2)c(Cl)c1)NC#N. The maximum atomic E-state index is 8.64. The maximum Gasteiger partial charge on any atom is 0.183 e. The summed E-state index contributed by atoms with van der Waals surface area (Å²) in [4.78, 5) is 6.75. The smallest absolute Gasteiger partial charge is 0.183 e. The number of halogens is 1. The van der Waals surface area contributed by atoms with Gasteiger partial charge in [-0.3, -0.25) is 10.2 Å². The molecule has 0 amide bonds. The second-order valence-corrected chi connectivity index (χ2v) is 6.43. The Kier molecular flexibility index (Phi) is 7.53. The fourth-order valence-electron chi connectivity index (χ4n) is 2.43. The molecule has 1 aromatic rings. The van der Waals surface area contributed by atoms with E-state index in [1.165, 1.54) is 31.0 Å². The lowest BCUT2D eigenvalue weighted by Crippen LogP contribution is -2.33. The molecule has 0 radical (unpaired) electrons. The second kappa shape index (κ2) is 9.66. The van der Waals surface area contributed by atoms with Gasteiger partial charge < -0.3 is 4.74 Å². The molecule has 0 atom stereocenters. The lowest BCUT2D eigenvalue weighted by Gasteiger charge is -2.26. The van der Waals surface area contributed by atoms with E-state index in [0.29, 0.717) is 28.2 Å². The Morgan fingerprint density at radius 1 is 1.43 bits per heavy atom. The van der Waals surface area contributed by atoms with Gasteiger partial charge in [0.2, 0.25) is 0 Å². The number of piperidine rings is 1. The van der Waals surface area contributed by atoms with Crippen molar-refractivity contribution in [2.75, 3.05) is 32.5 Å². The molecule has 1 aliphatic rings. The molecule has 2 rings (SSSR count). The minimum Gasteiger partial charge on any atom is -0.491 e. The summed E-state index contributed by atoms with van der Waals surface area (Å²) >= 11 is 7.62. The van der Waals surface area contributed by atoms with Gasteiger partial charge in [-0.2, -0.15) is 5.26 Å². The van der Waals surface area contributed by atoms with Crippen molar-refractivity contribution in [1.82, 2.24) is 10.2 Å². The highest BCUT2D eigenvalue weighted by Gasteiger charge is 2.10. The number of nitrogens with one attached hydrogen (secondary N) is 1. The number of ether oxygens (including phenoxy) is 1. The summed E-state index contributed by atoms with van der Waals surface area (Å²) in [5, 5.41) is 12.2. The average molecular weight is 353 g/mol. The Morgan fingerprint density at radius 3 is 2.87 bits per heavy atom. The molecule has 0 bridgehead atoms. The lowest BCUT2D eigenvalue weighted by molar-refractivity contribution is 0.183. The zero-order valence-corrected chi connectivity index (χ0v) is 14.8. The lowest BCUT2D eigenvalue weighted by atomic mass is 10.1. The quantitative estimate of drug-likeness (QED) is 0.379. The van der Waals surface area contributed by atoms with Crippen LogP contribution in [0.15, 0.2) is 23.2 Å². The molecule has 1 saturated heterocycles. The van der Waals surface area contributed by atoms with Crippen LogP contribution in [0, 0.1) is 11.5 Å². The van der Waals surface area contributed by atoms with Gasteiger partial charge in [0.25, 0.3) is 0 Å². The highest BCUT2D eigenvalue weighted by Crippen LogP contribution is 2.29. The second-order valence-electron chi connectivity index (χ2n) is 5.22. The molecular formula is C16H21ClN4OS. The number of hydrogen-bond acceptors (Lipinski definition) is 5. The molecule has 1 aromatic carbocycles. The Morgan fingerprint density at radius 2 is 2.22 bits per heavy atom. The summed E-state index contributed by atoms with van der Waals surface area (Å²) in [6, 6.07) is 5.39. The van der Waals surface area contributed by atoms with Crippen molar-refractivity contribution in [1.29, 1.82) is 5.26 Å². The highest BCUT2D eigenvalue weighted by atomic mass is 35.5. The van der Waals surface area contributed by atoms with E-state index >= 15 is 0 Å². The molecule has 1 heterocycles. The molecule has 23 heavy (non-hydrogen) atoms. The van der Waals surface area contributed by atoms with Gasteiger partial charge in [0.05, 0.1) is 10.7 Å². The molecule has 0 unspecified atom stereocenters. The van der Waals surface area contributed by atoms with Crippen molar-refractivity contribution in [3.63, 3.8) is 0 Å². The first-order chi connectivity index (χ1) is 11.2. The summed E-state index contributed by atoms with van der Waals surface area (Å²) in [6.07, 6.45) is 7.61. The molecule has 1 fully saturated rings. The predicted octanol–water partition coefficient (Wildman–Crippen LogP) is 3.63. The van der Waals surface area contributed by atoms with Gasteiger partial charge in [0.1, 0.15) is 12.4 Å². The van der Waals surface area contributed by atoms with Crippen LogP contribution in [0.4, 0.5) is 5.69 Å². The van der Waals surface area contributed by atoms with Crippen LogP contribution in [0.5, 0.6) is 5.75 Å². The standard InChI is InChI=1S/C16H21ClN4OS/c1-23-16(19-12-18)20-13-5-6-15(14(17)11-13)22-10-9-21-7-3-2-4-8-21/h5-6,11H,2-4,7-10H2,1H3,(H,19,20). The van der Waals surface area contributed by atoms with Crippen LogP contribution >= 0.6 is 23.4 Å². The Hall–Kier alpha value is -1.42. The normalized spacial score (nSPS) is 16.0. The van der Waals surface area contributed by atoms with Crippen LogP contribution in [-0.2, 0) is 0 Å². The molecule has 0 saturated carbocycles. The van der Waals surface area contributed by atoms with E-state index in [1.54, 1.807) is 6.07 Å². The molecule has 0 aliphatic carbocycles. The number of nitriles is 1. The van der Waals surface area contributed by atoms with Gasteiger partial charge in [-0.15, -0.1) is 0 Å². The van der Waals surface area contributed by atoms with Crippen LogP contribution in [0.25, 0.3) is 0 Å².